The maximum Gasteiger partial charge on any atom is 0.328 e. The zero-order valence-electron chi connectivity index (χ0n) is 9.51. The van der Waals surface area contributed by atoms with Gasteiger partial charge in [-0.2, -0.15) is 11.8 Å². The minimum Gasteiger partial charge on any atom is -0.480 e. The molecular formula is C9H17N3O4S. The third-order valence-corrected chi connectivity index (χ3v) is 2.69. The van der Waals surface area contributed by atoms with Gasteiger partial charge in [-0.05, 0) is 18.4 Å². The molecule has 0 saturated heterocycles. The average Bonchev–Trinajstić information content (AvgIpc) is 2.31. The third kappa shape index (κ3) is 5.66. The van der Waals surface area contributed by atoms with Gasteiger partial charge in [-0.3, -0.25) is 14.4 Å². The Morgan fingerprint density at radius 1 is 1.41 bits per heavy atom. The molecule has 0 bridgehead atoms. The summed E-state index contributed by atoms with van der Waals surface area (Å²) in [6.07, 6.45) is 2.16. The van der Waals surface area contributed by atoms with E-state index in [1.54, 1.807) is 0 Å². The third-order valence-electron chi connectivity index (χ3n) is 2.05. The lowest BCUT2D eigenvalue weighted by Gasteiger charge is -2.18. The van der Waals surface area contributed by atoms with Crippen LogP contribution in [0.3, 0.4) is 0 Å². The molecular weight excluding hydrogens is 246 g/mol. The van der Waals surface area contributed by atoms with Crippen molar-refractivity contribution in [3.8, 4) is 0 Å². The fraction of sp³-hybridized carbons (Fsp3) is 0.667. The first kappa shape index (κ1) is 15.9. The summed E-state index contributed by atoms with van der Waals surface area (Å²) < 4.78 is 0. The number of carboxylic acid groups (broad SMARTS) is 1. The summed E-state index contributed by atoms with van der Waals surface area (Å²) in [6.45, 7) is -0.259. The summed E-state index contributed by atoms with van der Waals surface area (Å²) in [4.78, 5) is 33.4. The van der Waals surface area contributed by atoms with Gasteiger partial charge >= 0.3 is 5.97 Å². The minimum absolute atomic E-state index is 0.259. The zero-order chi connectivity index (χ0) is 13.4. The molecule has 0 aromatic heterocycles. The Bertz CT molecular complexity index is 298. The smallest absolute Gasteiger partial charge is 0.328 e. The quantitative estimate of drug-likeness (QED) is 0.378. The van der Waals surface area contributed by atoms with E-state index in [1.807, 2.05) is 6.26 Å². The molecule has 8 heteroatoms. The fourth-order valence-electron chi connectivity index (χ4n) is 1.11. The Hall–Kier alpha value is -1.12. The van der Waals surface area contributed by atoms with Crippen molar-refractivity contribution in [1.29, 1.82) is 0 Å². The van der Waals surface area contributed by atoms with Gasteiger partial charge in [0.25, 0.3) is 0 Å². The molecule has 0 aromatic carbocycles. The van der Waals surface area contributed by atoms with Crippen LogP contribution in [0.15, 0.2) is 0 Å². The number of thioether (sulfide) groups is 1. The molecule has 0 fully saturated rings. The number of amides is 1. The van der Waals surface area contributed by atoms with Gasteiger partial charge in [-0.15, -0.1) is 0 Å². The van der Waals surface area contributed by atoms with Gasteiger partial charge in [0.15, 0.2) is 11.8 Å². The lowest BCUT2D eigenvalue weighted by atomic mass is 10.0. The SMILES string of the molecule is CSCCC(NC(=O)CN)C(=O)C(N)C(=O)O. The summed E-state index contributed by atoms with van der Waals surface area (Å²) in [5.74, 6) is -2.03. The van der Waals surface area contributed by atoms with Crippen molar-refractivity contribution in [2.45, 2.75) is 18.5 Å². The van der Waals surface area contributed by atoms with Gasteiger partial charge in [-0.25, -0.2) is 0 Å². The lowest BCUT2D eigenvalue weighted by molar-refractivity contribution is -0.143. The number of rotatable bonds is 8. The van der Waals surface area contributed by atoms with Crippen LogP contribution in [0.25, 0.3) is 0 Å². The second kappa shape index (κ2) is 8.04. The van der Waals surface area contributed by atoms with E-state index in [2.05, 4.69) is 5.32 Å². The lowest BCUT2D eigenvalue weighted by Crippen LogP contribution is -2.52. The Morgan fingerprint density at radius 2 is 2.00 bits per heavy atom. The summed E-state index contributed by atoms with van der Waals surface area (Å²) in [5.41, 5.74) is 10.3. The van der Waals surface area contributed by atoms with Crippen LogP contribution in [0.1, 0.15) is 6.42 Å². The monoisotopic (exact) mass is 263 g/mol. The number of carbonyl (C=O) groups is 3. The summed E-state index contributed by atoms with van der Waals surface area (Å²) in [7, 11) is 0. The Kier molecular flexibility index (Phi) is 7.51. The largest absolute Gasteiger partial charge is 0.480 e. The van der Waals surface area contributed by atoms with Crippen molar-refractivity contribution in [2.24, 2.45) is 11.5 Å². The van der Waals surface area contributed by atoms with Gasteiger partial charge in [-0.1, -0.05) is 0 Å². The van der Waals surface area contributed by atoms with Gasteiger partial charge in [0, 0.05) is 0 Å². The number of aliphatic carboxylic acids is 1. The molecule has 1 amide bonds. The van der Waals surface area contributed by atoms with Crippen LogP contribution in [0.2, 0.25) is 0 Å². The van der Waals surface area contributed by atoms with Crippen LogP contribution in [0.5, 0.6) is 0 Å². The molecule has 0 aromatic rings. The average molecular weight is 263 g/mol. The van der Waals surface area contributed by atoms with Crippen molar-refractivity contribution in [3.05, 3.63) is 0 Å². The highest BCUT2D eigenvalue weighted by molar-refractivity contribution is 7.98. The molecule has 2 unspecified atom stereocenters. The molecule has 98 valence electrons. The highest BCUT2D eigenvalue weighted by Gasteiger charge is 2.29. The maximum absolute atomic E-state index is 11.7. The van der Waals surface area contributed by atoms with E-state index in [9.17, 15) is 14.4 Å². The van der Waals surface area contributed by atoms with Crippen molar-refractivity contribution >= 4 is 29.4 Å². The summed E-state index contributed by atoms with van der Waals surface area (Å²) >= 11 is 1.48. The highest BCUT2D eigenvalue weighted by Crippen LogP contribution is 2.03. The maximum atomic E-state index is 11.7. The van der Waals surface area contributed by atoms with Crippen LogP contribution in [0, 0.1) is 0 Å². The first-order chi connectivity index (χ1) is 7.93. The minimum atomic E-state index is -1.63. The molecule has 0 aliphatic carbocycles. The van der Waals surface area contributed by atoms with Gasteiger partial charge in [0.2, 0.25) is 5.91 Å². The molecule has 0 aliphatic rings. The number of nitrogens with two attached hydrogens (primary N) is 2. The normalized spacial score (nSPS) is 13.8. The molecule has 0 spiro atoms. The zero-order valence-corrected chi connectivity index (χ0v) is 10.3. The van der Waals surface area contributed by atoms with Crippen LogP contribution < -0.4 is 16.8 Å². The molecule has 0 heterocycles. The molecule has 0 aliphatic heterocycles. The van der Waals surface area contributed by atoms with E-state index in [4.69, 9.17) is 16.6 Å². The highest BCUT2D eigenvalue weighted by atomic mass is 32.2. The summed E-state index contributed by atoms with van der Waals surface area (Å²) in [5, 5.41) is 11.0. The van der Waals surface area contributed by atoms with Gasteiger partial charge < -0.3 is 21.9 Å². The van der Waals surface area contributed by atoms with Crippen LogP contribution in [-0.2, 0) is 14.4 Å². The number of ketones is 1. The van der Waals surface area contributed by atoms with Gasteiger partial charge in [0.1, 0.15) is 0 Å². The second-order valence-electron chi connectivity index (χ2n) is 3.32. The Balaban J connectivity index is 4.60. The van der Waals surface area contributed by atoms with Crippen LogP contribution >= 0.6 is 11.8 Å². The summed E-state index contributed by atoms with van der Waals surface area (Å²) in [6, 6.07) is -2.52. The predicted molar refractivity (Wildman–Crippen MR) is 64.6 cm³/mol. The van der Waals surface area contributed by atoms with E-state index in [0.717, 1.165) is 0 Å². The standard InChI is InChI=1S/C9H17N3O4S/c1-17-3-2-5(12-6(13)4-10)8(14)7(11)9(15)16/h5,7H,2-4,10-11H2,1H3,(H,12,13)(H,15,16). The molecule has 0 rings (SSSR count). The van der Waals surface area contributed by atoms with E-state index in [0.29, 0.717) is 12.2 Å². The molecule has 2 atom stereocenters. The molecule has 0 radical (unpaired) electrons. The van der Waals surface area contributed by atoms with Crippen molar-refractivity contribution in [2.75, 3.05) is 18.6 Å². The van der Waals surface area contributed by atoms with Crippen molar-refractivity contribution < 1.29 is 19.5 Å². The number of carboxylic acids is 1. The first-order valence-corrected chi connectivity index (χ1v) is 6.33. The number of carbonyl (C=O) groups excluding carboxylic acids is 2. The van der Waals surface area contributed by atoms with E-state index < -0.39 is 29.7 Å². The molecule has 6 N–H and O–H groups in total. The first-order valence-electron chi connectivity index (χ1n) is 4.94. The van der Waals surface area contributed by atoms with Gasteiger partial charge in [0.05, 0.1) is 12.6 Å². The van der Waals surface area contributed by atoms with E-state index >= 15 is 0 Å². The Morgan fingerprint density at radius 3 is 2.41 bits per heavy atom. The molecule has 7 nitrogen and oxygen atoms in total. The van der Waals surface area contributed by atoms with Crippen LogP contribution in [-0.4, -0.2) is 53.4 Å². The Labute approximate surface area is 103 Å². The van der Waals surface area contributed by atoms with Crippen molar-refractivity contribution in [1.82, 2.24) is 5.32 Å². The predicted octanol–water partition coefficient (Wildman–Crippen LogP) is -1.84. The molecule has 0 saturated carbocycles. The van der Waals surface area contributed by atoms with Crippen LogP contribution in [0.4, 0.5) is 0 Å². The fourth-order valence-corrected chi connectivity index (χ4v) is 1.58. The number of nitrogens with one attached hydrogen (secondary N) is 1. The number of hydrogen-bond donors (Lipinski definition) is 4. The van der Waals surface area contributed by atoms with E-state index in [1.165, 1.54) is 11.8 Å². The van der Waals surface area contributed by atoms with Crippen molar-refractivity contribution in [3.63, 3.8) is 0 Å². The van der Waals surface area contributed by atoms with E-state index in [-0.39, 0.29) is 6.54 Å². The number of hydrogen-bond acceptors (Lipinski definition) is 6. The number of Topliss-reactive ketones (excluding diaryl/α,β-unsaturated/α-hetero) is 1. The molecule has 17 heavy (non-hydrogen) atoms. The second-order valence-corrected chi connectivity index (χ2v) is 4.31. The topological polar surface area (TPSA) is 136 Å².